The first-order chi connectivity index (χ1) is 11.8. The van der Waals surface area contributed by atoms with Crippen LogP contribution in [-0.4, -0.2) is 46.5 Å². The lowest BCUT2D eigenvalue weighted by Crippen LogP contribution is -2.49. The van der Waals surface area contributed by atoms with E-state index < -0.39 is 11.7 Å². The second kappa shape index (κ2) is 6.59. The van der Waals surface area contributed by atoms with Crippen molar-refractivity contribution in [2.24, 2.45) is 7.05 Å². The van der Waals surface area contributed by atoms with Gasteiger partial charge in [-0.2, -0.15) is 13.2 Å². The van der Waals surface area contributed by atoms with Gasteiger partial charge in [-0.05, 0) is 18.2 Å². The van der Waals surface area contributed by atoms with Crippen molar-refractivity contribution in [3.8, 4) is 0 Å². The van der Waals surface area contributed by atoms with Gasteiger partial charge in [-0.25, -0.2) is 4.98 Å². The molecule has 0 unspecified atom stereocenters. The zero-order valence-electron chi connectivity index (χ0n) is 13.4. The minimum atomic E-state index is -4.48. The minimum Gasteiger partial charge on any atom is -0.352 e. The van der Waals surface area contributed by atoms with E-state index in [-0.39, 0.29) is 10.9 Å². The Hall–Kier alpha value is -2.22. The number of halogens is 4. The Kier molecular flexibility index (Phi) is 4.64. The highest BCUT2D eigenvalue weighted by Gasteiger charge is 2.32. The van der Waals surface area contributed by atoms with Crippen LogP contribution in [0.25, 0.3) is 0 Å². The van der Waals surface area contributed by atoms with E-state index in [2.05, 4.69) is 4.98 Å². The molecule has 25 heavy (non-hydrogen) atoms. The maximum absolute atomic E-state index is 12.7. The van der Waals surface area contributed by atoms with Crippen molar-refractivity contribution in [1.29, 1.82) is 0 Å². The Morgan fingerprint density at radius 2 is 1.92 bits per heavy atom. The van der Waals surface area contributed by atoms with Crippen molar-refractivity contribution in [2.75, 3.05) is 31.1 Å². The van der Waals surface area contributed by atoms with Gasteiger partial charge in [0.05, 0.1) is 10.6 Å². The van der Waals surface area contributed by atoms with E-state index in [1.807, 2.05) is 0 Å². The number of pyridine rings is 1. The summed E-state index contributed by atoms with van der Waals surface area (Å²) >= 11 is 5.98. The van der Waals surface area contributed by atoms with Crippen molar-refractivity contribution >= 4 is 23.3 Å². The van der Waals surface area contributed by atoms with E-state index in [4.69, 9.17) is 11.6 Å². The molecule has 0 bridgehead atoms. The molecule has 2 aromatic heterocycles. The molecular weight excluding hydrogens is 357 g/mol. The number of aromatic nitrogens is 2. The number of carbonyl (C=O) groups is 1. The van der Waals surface area contributed by atoms with Gasteiger partial charge < -0.3 is 14.4 Å². The zero-order chi connectivity index (χ0) is 18.2. The predicted octanol–water partition coefficient (Wildman–Crippen LogP) is 3.05. The van der Waals surface area contributed by atoms with Gasteiger partial charge in [-0.1, -0.05) is 11.6 Å². The molecule has 0 aromatic carbocycles. The number of nitrogens with zero attached hydrogens (tertiary/aromatic N) is 4. The van der Waals surface area contributed by atoms with E-state index in [0.29, 0.717) is 37.7 Å². The van der Waals surface area contributed by atoms with Crippen LogP contribution < -0.4 is 4.90 Å². The highest BCUT2D eigenvalue weighted by Crippen LogP contribution is 2.33. The normalized spacial score (nSPS) is 15.6. The summed E-state index contributed by atoms with van der Waals surface area (Å²) in [5, 5.41) is -0.0444. The molecule has 0 N–H and O–H groups in total. The lowest BCUT2D eigenvalue weighted by atomic mass is 10.2. The maximum atomic E-state index is 12.7. The molecule has 0 atom stereocenters. The molecule has 5 nitrogen and oxygen atoms in total. The number of hydrogen-bond acceptors (Lipinski definition) is 3. The largest absolute Gasteiger partial charge is 0.417 e. The van der Waals surface area contributed by atoms with Gasteiger partial charge in [0, 0.05) is 45.6 Å². The lowest BCUT2D eigenvalue weighted by molar-refractivity contribution is -0.137. The molecule has 1 saturated heterocycles. The van der Waals surface area contributed by atoms with Crippen LogP contribution in [0.4, 0.5) is 19.0 Å². The van der Waals surface area contributed by atoms with Crippen LogP contribution in [0.15, 0.2) is 30.6 Å². The minimum absolute atomic E-state index is 0.0444. The second-order valence-electron chi connectivity index (χ2n) is 5.81. The average Bonchev–Trinajstić information content (AvgIpc) is 2.99. The Bertz CT molecular complexity index is 782. The predicted molar refractivity (Wildman–Crippen MR) is 87.8 cm³/mol. The number of aryl methyl sites for hydroxylation is 1. The fourth-order valence-electron chi connectivity index (χ4n) is 2.79. The molecule has 0 saturated carbocycles. The topological polar surface area (TPSA) is 41.4 Å². The van der Waals surface area contributed by atoms with Gasteiger partial charge in [-0.3, -0.25) is 4.79 Å². The lowest BCUT2D eigenvalue weighted by Gasteiger charge is -2.35. The number of alkyl halides is 3. The van der Waals surface area contributed by atoms with Crippen molar-refractivity contribution in [3.05, 3.63) is 46.9 Å². The molecule has 1 amide bonds. The highest BCUT2D eigenvalue weighted by molar-refractivity contribution is 6.33. The molecule has 1 aliphatic heterocycles. The summed E-state index contributed by atoms with van der Waals surface area (Å²) in [6, 6.07) is 4.43. The summed E-state index contributed by atoms with van der Waals surface area (Å²) in [4.78, 5) is 19.8. The van der Waals surface area contributed by atoms with E-state index in [0.717, 1.165) is 12.3 Å². The summed E-state index contributed by atoms with van der Waals surface area (Å²) in [6.45, 7) is 1.80. The third-order valence-corrected chi connectivity index (χ3v) is 4.46. The number of amides is 1. The number of piperazine rings is 1. The smallest absolute Gasteiger partial charge is 0.352 e. The summed E-state index contributed by atoms with van der Waals surface area (Å²) in [5.41, 5.74) is -0.280. The summed E-state index contributed by atoms with van der Waals surface area (Å²) < 4.78 is 39.8. The first kappa shape index (κ1) is 17.6. The third-order valence-electron chi connectivity index (χ3n) is 4.18. The number of rotatable bonds is 2. The van der Waals surface area contributed by atoms with Crippen LogP contribution in [0, 0.1) is 0 Å². The molecule has 0 aliphatic carbocycles. The first-order valence-electron chi connectivity index (χ1n) is 7.65. The van der Waals surface area contributed by atoms with Crippen LogP contribution in [0.2, 0.25) is 5.02 Å². The molecule has 3 rings (SSSR count). The number of hydrogen-bond donors (Lipinski definition) is 0. The quantitative estimate of drug-likeness (QED) is 0.813. The Labute approximate surface area is 147 Å². The fourth-order valence-corrected chi connectivity index (χ4v) is 3.07. The van der Waals surface area contributed by atoms with Crippen molar-refractivity contribution in [3.63, 3.8) is 0 Å². The van der Waals surface area contributed by atoms with E-state index in [1.54, 1.807) is 39.7 Å². The third kappa shape index (κ3) is 3.58. The molecule has 134 valence electrons. The van der Waals surface area contributed by atoms with Crippen LogP contribution in [-0.2, 0) is 13.2 Å². The molecule has 1 fully saturated rings. The summed E-state index contributed by atoms with van der Waals surface area (Å²) in [5.74, 6) is 0.235. The molecule has 0 spiro atoms. The second-order valence-corrected chi connectivity index (χ2v) is 6.22. The Morgan fingerprint density at radius 1 is 1.24 bits per heavy atom. The van der Waals surface area contributed by atoms with Gasteiger partial charge in [-0.15, -0.1) is 0 Å². The summed E-state index contributed by atoms with van der Waals surface area (Å²) in [7, 11) is 1.80. The molecule has 2 aromatic rings. The van der Waals surface area contributed by atoms with Crippen molar-refractivity contribution in [2.45, 2.75) is 6.18 Å². The monoisotopic (exact) mass is 372 g/mol. The van der Waals surface area contributed by atoms with Crippen molar-refractivity contribution < 1.29 is 18.0 Å². The van der Waals surface area contributed by atoms with Gasteiger partial charge in [0.25, 0.3) is 5.91 Å². The SMILES string of the molecule is Cn1cccc1C(=O)N1CCN(c2ncc(C(F)(F)F)cc2Cl)CC1. The number of anilines is 1. The molecule has 0 radical (unpaired) electrons. The highest BCUT2D eigenvalue weighted by atomic mass is 35.5. The molecule has 3 heterocycles. The van der Waals surface area contributed by atoms with Crippen LogP contribution in [0.5, 0.6) is 0 Å². The van der Waals surface area contributed by atoms with Gasteiger partial charge >= 0.3 is 6.18 Å². The fraction of sp³-hybridized carbons (Fsp3) is 0.375. The van der Waals surface area contributed by atoms with Crippen molar-refractivity contribution in [1.82, 2.24) is 14.5 Å². The Morgan fingerprint density at radius 3 is 2.44 bits per heavy atom. The van der Waals surface area contributed by atoms with Gasteiger partial charge in [0.2, 0.25) is 0 Å². The summed E-state index contributed by atoms with van der Waals surface area (Å²) in [6.07, 6.45) is -1.90. The van der Waals surface area contributed by atoms with E-state index in [1.165, 1.54) is 0 Å². The first-order valence-corrected chi connectivity index (χ1v) is 8.03. The van der Waals surface area contributed by atoms with Crippen LogP contribution >= 0.6 is 11.6 Å². The van der Waals surface area contributed by atoms with Crippen LogP contribution in [0.3, 0.4) is 0 Å². The standard InChI is InChI=1S/C16H16ClF3N4O/c1-22-4-2-3-13(22)15(25)24-7-5-23(6-8-24)14-12(17)9-11(10-21-14)16(18,19)20/h2-4,9-10H,5-8H2,1H3. The van der Waals surface area contributed by atoms with E-state index in [9.17, 15) is 18.0 Å². The molecular formula is C16H16ClF3N4O. The maximum Gasteiger partial charge on any atom is 0.417 e. The van der Waals surface area contributed by atoms with Gasteiger partial charge in [0.1, 0.15) is 11.5 Å². The van der Waals surface area contributed by atoms with Crippen LogP contribution in [0.1, 0.15) is 16.1 Å². The zero-order valence-corrected chi connectivity index (χ0v) is 14.2. The Balaban J connectivity index is 1.68. The number of carbonyl (C=O) groups excluding carboxylic acids is 1. The van der Waals surface area contributed by atoms with Gasteiger partial charge in [0.15, 0.2) is 0 Å². The average molecular weight is 373 g/mol. The molecule has 1 aliphatic rings. The molecule has 9 heteroatoms. The van der Waals surface area contributed by atoms with E-state index >= 15 is 0 Å².